The van der Waals surface area contributed by atoms with Gasteiger partial charge in [-0.05, 0) is 32.6 Å². The maximum Gasteiger partial charge on any atom is 0.271 e. The van der Waals surface area contributed by atoms with Crippen LogP contribution in [-0.4, -0.2) is 59.7 Å². The van der Waals surface area contributed by atoms with Crippen molar-refractivity contribution in [1.82, 2.24) is 20.2 Å². The Hall–Kier alpha value is -1.53. The molecule has 0 saturated carbocycles. The van der Waals surface area contributed by atoms with Crippen molar-refractivity contribution in [2.45, 2.75) is 39.7 Å². The molecule has 2 atom stereocenters. The smallest absolute Gasteiger partial charge is 0.271 e. The molecule has 1 aliphatic rings. The van der Waals surface area contributed by atoms with Crippen molar-refractivity contribution in [3.05, 3.63) is 23.8 Å². The molecule has 2 rings (SSSR count). The lowest BCUT2D eigenvalue weighted by Gasteiger charge is -2.37. The lowest BCUT2D eigenvalue weighted by atomic mass is 9.93. The molecule has 23 heavy (non-hydrogen) atoms. The summed E-state index contributed by atoms with van der Waals surface area (Å²) in [5, 5.41) is 3.11. The highest BCUT2D eigenvalue weighted by molar-refractivity contribution is 5.92. The number of piperidine rings is 1. The van der Waals surface area contributed by atoms with E-state index in [-0.39, 0.29) is 11.9 Å². The fourth-order valence-electron chi connectivity index (χ4n) is 2.94. The molecule has 1 aromatic heterocycles. The maximum absolute atomic E-state index is 12.3. The quantitative estimate of drug-likeness (QED) is 0.774. The van der Waals surface area contributed by atoms with Gasteiger partial charge in [-0.3, -0.25) is 9.78 Å². The molecule has 0 unspecified atom stereocenters. The summed E-state index contributed by atoms with van der Waals surface area (Å²) in [7, 11) is 0. The molecule has 1 amide bonds. The van der Waals surface area contributed by atoms with E-state index in [1.165, 1.54) is 6.20 Å². The highest BCUT2D eigenvalue weighted by Gasteiger charge is 2.27. The van der Waals surface area contributed by atoms with Gasteiger partial charge in [0.05, 0.1) is 11.9 Å². The highest BCUT2D eigenvalue weighted by Crippen LogP contribution is 2.17. The third kappa shape index (κ3) is 5.55. The maximum atomic E-state index is 12.3. The lowest BCUT2D eigenvalue weighted by Crippen LogP contribution is -2.50. The minimum Gasteiger partial charge on any atom is -0.382 e. The Morgan fingerprint density at radius 1 is 1.43 bits per heavy atom. The Bertz CT molecular complexity index is 492. The average Bonchev–Trinajstić information content (AvgIpc) is 2.54. The number of hydrogen-bond donors (Lipinski definition) is 1. The molecule has 6 nitrogen and oxygen atoms in total. The van der Waals surface area contributed by atoms with Gasteiger partial charge in [-0.2, -0.15) is 0 Å². The van der Waals surface area contributed by atoms with Gasteiger partial charge >= 0.3 is 0 Å². The molecular formula is C17H28N4O2. The molecule has 1 N–H and O–H groups in total. The molecule has 1 saturated heterocycles. The second kappa shape index (κ2) is 8.93. The van der Waals surface area contributed by atoms with E-state index in [1.807, 2.05) is 13.8 Å². The molecule has 2 heterocycles. The van der Waals surface area contributed by atoms with Crippen molar-refractivity contribution in [2.75, 3.05) is 32.8 Å². The van der Waals surface area contributed by atoms with Gasteiger partial charge < -0.3 is 15.0 Å². The van der Waals surface area contributed by atoms with Crippen molar-refractivity contribution < 1.29 is 9.53 Å². The van der Waals surface area contributed by atoms with Gasteiger partial charge in [0.2, 0.25) is 0 Å². The van der Waals surface area contributed by atoms with Crippen LogP contribution in [0.3, 0.4) is 0 Å². The number of aromatic nitrogens is 2. The monoisotopic (exact) mass is 320 g/mol. The summed E-state index contributed by atoms with van der Waals surface area (Å²) in [4.78, 5) is 23.0. The molecule has 1 fully saturated rings. The zero-order chi connectivity index (χ0) is 16.7. The summed E-state index contributed by atoms with van der Waals surface area (Å²) in [6, 6.07) is 0.203. The minimum atomic E-state index is -0.126. The first-order valence-electron chi connectivity index (χ1n) is 8.49. The van der Waals surface area contributed by atoms with Gasteiger partial charge in [0, 0.05) is 45.1 Å². The largest absolute Gasteiger partial charge is 0.382 e. The second-order valence-corrected chi connectivity index (χ2v) is 6.24. The van der Waals surface area contributed by atoms with Crippen molar-refractivity contribution >= 4 is 5.91 Å². The second-order valence-electron chi connectivity index (χ2n) is 6.24. The Balaban J connectivity index is 1.77. The van der Waals surface area contributed by atoms with E-state index in [0.29, 0.717) is 11.6 Å². The summed E-state index contributed by atoms with van der Waals surface area (Å²) >= 11 is 0. The number of carbonyl (C=O) groups excluding carboxylic acids is 1. The predicted octanol–water partition coefficient (Wildman–Crippen LogP) is 1.65. The summed E-state index contributed by atoms with van der Waals surface area (Å²) in [5.41, 5.74) is 1.21. The topological polar surface area (TPSA) is 67.3 Å². The predicted molar refractivity (Wildman–Crippen MR) is 89.4 cm³/mol. The van der Waals surface area contributed by atoms with E-state index in [1.54, 1.807) is 6.20 Å². The molecule has 0 aliphatic carbocycles. The summed E-state index contributed by atoms with van der Waals surface area (Å²) in [6.45, 7) is 10.8. The molecule has 1 aliphatic heterocycles. The van der Waals surface area contributed by atoms with Crippen LogP contribution in [0.1, 0.15) is 42.9 Å². The third-order valence-electron chi connectivity index (χ3n) is 4.29. The van der Waals surface area contributed by atoms with Gasteiger partial charge in [-0.1, -0.05) is 6.92 Å². The van der Waals surface area contributed by atoms with Crippen LogP contribution in [0.2, 0.25) is 0 Å². The molecule has 128 valence electrons. The molecule has 0 bridgehead atoms. The number of nitrogens with zero attached hydrogens (tertiary/aromatic N) is 3. The Morgan fingerprint density at radius 2 is 2.26 bits per heavy atom. The Morgan fingerprint density at radius 3 is 2.91 bits per heavy atom. The van der Waals surface area contributed by atoms with Crippen molar-refractivity contribution in [2.24, 2.45) is 5.92 Å². The van der Waals surface area contributed by atoms with Gasteiger partial charge in [-0.15, -0.1) is 0 Å². The van der Waals surface area contributed by atoms with Gasteiger partial charge in [-0.25, -0.2) is 4.98 Å². The van der Waals surface area contributed by atoms with Crippen LogP contribution in [-0.2, 0) is 4.74 Å². The van der Waals surface area contributed by atoms with Crippen LogP contribution in [0.15, 0.2) is 12.4 Å². The third-order valence-corrected chi connectivity index (χ3v) is 4.29. The summed E-state index contributed by atoms with van der Waals surface area (Å²) < 4.78 is 5.39. The number of amides is 1. The van der Waals surface area contributed by atoms with E-state index >= 15 is 0 Å². The fourth-order valence-corrected chi connectivity index (χ4v) is 2.94. The fraction of sp³-hybridized carbons (Fsp3) is 0.706. The van der Waals surface area contributed by atoms with E-state index < -0.39 is 0 Å². The van der Waals surface area contributed by atoms with E-state index in [4.69, 9.17) is 4.74 Å². The molecule has 0 radical (unpaired) electrons. The molecule has 0 aromatic carbocycles. The van der Waals surface area contributed by atoms with Crippen molar-refractivity contribution in [3.63, 3.8) is 0 Å². The first kappa shape index (κ1) is 17.8. The van der Waals surface area contributed by atoms with Crippen LogP contribution in [0.25, 0.3) is 0 Å². The number of likely N-dealkylation sites (tertiary alicyclic amines) is 1. The zero-order valence-corrected chi connectivity index (χ0v) is 14.4. The van der Waals surface area contributed by atoms with Gasteiger partial charge in [0.25, 0.3) is 5.91 Å². The summed E-state index contributed by atoms with van der Waals surface area (Å²) in [6.07, 6.45) is 5.20. The number of nitrogens with one attached hydrogen (secondary N) is 1. The van der Waals surface area contributed by atoms with Crippen LogP contribution in [0.4, 0.5) is 0 Å². The first-order valence-corrected chi connectivity index (χ1v) is 8.49. The number of hydrogen-bond acceptors (Lipinski definition) is 5. The van der Waals surface area contributed by atoms with E-state index in [2.05, 4.69) is 27.1 Å². The van der Waals surface area contributed by atoms with Crippen LogP contribution < -0.4 is 5.32 Å². The SMILES string of the molecule is CCOCCCN1CC[C@H](NC(=O)c2cnc(C)cn2)[C@@H](C)C1. The van der Waals surface area contributed by atoms with E-state index in [0.717, 1.165) is 51.4 Å². The van der Waals surface area contributed by atoms with Crippen molar-refractivity contribution in [3.8, 4) is 0 Å². The molecular weight excluding hydrogens is 292 g/mol. The lowest BCUT2D eigenvalue weighted by molar-refractivity contribution is 0.0838. The van der Waals surface area contributed by atoms with Crippen LogP contribution in [0.5, 0.6) is 0 Å². The first-order chi connectivity index (χ1) is 11.1. The van der Waals surface area contributed by atoms with Gasteiger partial charge in [0.1, 0.15) is 5.69 Å². The standard InChI is InChI=1S/C17H28N4O2/c1-4-23-9-5-7-21-8-6-15(13(2)12-21)20-17(22)16-11-18-14(3)10-19-16/h10-11,13,15H,4-9,12H2,1-3H3,(H,20,22)/t13-,15-/m0/s1. The zero-order valence-electron chi connectivity index (χ0n) is 14.4. The molecule has 0 spiro atoms. The number of aryl methyl sites for hydroxylation is 1. The Kier molecular flexibility index (Phi) is 6.92. The van der Waals surface area contributed by atoms with Crippen LogP contribution >= 0.6 is 0 Å². The average molecular weight is 320 g/mol. The van der Waals surface area contributed by atoms with Gasteiger partial charge in [0.15, 0.2) is 0 Å². The van der Waals surface area contributed by atoms with Crippen molar-refractivity contribution in [1.29, 1.82) is 0 Å². The number of rotatable bonds is 7. The summed E-state index contributed by atoms with van der Waals surface area (Å²) in [5.74, 6) is 0.303. The number of ether oxygens (including phenoxy) is 1. The molecule has 6 heteroatoms. The minimum absolute atomic E-state index is 0.126. The Labute approximate surface area is 138 Å². The normalized spacial score (nSPS) is 22.0. The highest BCUT2D eigenvalue weighted by atomic mass is 16.5. The van der Waals surface area contributed by atoms with Crippen LogP contribution in [0, 0.1) is 12.8 Å². The number of carbonyl (C=O) groups is 1. The molecule has 1 aromatic rings. The van der Waals surface area contributed by atoms with E-state index in [9.17, 15) is 4.79 Å².